The van der Waals surface area contributed by atoms with Crippen LogP contribution in [0.25, 0.3) is 0 Å². The predicted molar refractivity (Wildman–Crippen MR) is 32.8 cm³/mol. The van der Waals surface area contributed by atoms with Gasteiger partial charge in [-0.2, -0.15) is 0 Å². The molecule has 4 heteroatoms. The minimum atomic E-state index is -0.0949. The number of nitrogens with one attached hydrogen (secondary N) is 1. The van der Waals surface area contributed by atoms with Crippen LogP contribution in [0.15, 0.2) is 0 Å². The van der Waals surface area contributed by atoms with Gasteiger partial charge >= 0.3 is 0 Å². The van der Waals surface area contributed by atoms with E-state index < -0.39 is 0 Å². The van der Waals surface area contributed by atoms with Crippen molar-refractivity contribution in [3.63, 3.8) is 0 Å². The minimum absolute atomic E-state index is 0. The van der Waals surface area contributed by atoms with Crippen LogP contribution >= 0.6 is 0 Å². The average molecular weight is 119 g/mol. The summed E-state index contributed by atoms with van der Waals surface area (Å²) in [7, 11) is 0. The van der Waals surface area contributed by atoms with Crippen molar-refractivity contribution in [2.24, 2.45) is 5.73 Å². The fraction of sp³-hybridized carbons (Fsp3) is 0.750. The molecule has 0 aromatic heterocycles. The molecule has 0 aliphatic heterocycles. The van der Waals surface area contributed by atoms with E-state index in [4.69, 9.17) is 5.73 Å². The number of rotatable bonds is 2. The van der Waals surface area contributed by atoms with Gasteiger partial charge in [0, 0.05) is 6.54 Å². The van der Waals surface area contributed by atoms with E-state index in [0.29, 0.717) is 6.54 Å². The third-order valence-corrected chi connectivity index (χ3v) is 0.559. The van der Waals surface area contributed by atoms with E-state index in [2.05, 4.69) is 5.32 Å². The van der Waals surface area contributed by atoms with Crippen LogP contribution in [0.3, 0.4) is 0 Å². The molecule has 0 fully saturated rings. The molecule has 50 valence electrons. The minimum Gasteiger partial charge on any atom is -0.355 e. The van der Waals surface area contributed by atoms with Crippen LogP contribution in [-0.4, -0.2) is 19.0 Å². The summed E-state index contributed by atoms with van der Waals surface area (Å²) in [6, 6.07) is 0. The Hall–Kier alpha value is -0.610. The number of amides is 1. The summed E-state index contributed by atoms with van der Waals surface area (Å²) in [6.45, 7) is 2.61. The zero-order valence-electron chi connectivity index (χ0n) is 5.11. The van der Waals surface area contributed by atoms with Crippen LogP contribution in [0.5, 0.6) is 0 Å². The Bertz CT molecular complexity index is 64.3. The smallest absolute Gasteiger partial charge is 0.233 e. The van der Waals surface area contributed by atoms with Gasteiger partial charge < -0.3 is 17.2 Å². The Balaban J connectivity index is 0. The van der Waals surface area contributed by atoms with E-state index in [1.807, 2.05) is 6.92 Å². The molecule has 0 aromatic carbocycles. The number of hydrogen-bond acceptors (Lipinski definition) is 3. The molecule has 0 unspecified atom stereocenters. The lowest BCUT2D eigenvalue weighted by molar-refractivity contribution is -0.119. The monoisotopic (exact) mass is 119 g/mol. The highest BCUT2D eigenvalue weighted by atomic mass is 16.1. The lowest BCUT2D eigenvalue weighted by Crippen LogP contribution is -2.29. The molecule has 0 spiro atoms. The van der Waals surface area contributed by atoms with Crippen LogP contribution in [0.1, 0.15) is 6.92 Å². The molecule has 8 heavy (non-hydrogen) atoms. The van der Waals surface area contributed by atoms with E-state index in [1.54, 1.807) is 0 Å². The maximum Gasteiger partial charge on any atom is 0.233 e. The van der Waals surface area contributed by atoms with Gasteiger partial charge in [-0.1, -0.05) is 0 Å². The summed E-state index contributed by atoms with van der Waals surface area (Å²) in [5, 5.41) is 2.53. The molecule has 0 saturated carbocycles. The van der Waals surface area contributed by atoms with Crippen molar-refractivity contribution in [1.29, 1.82) is 0 Å². The van der Waals surface area contributed by atoms with Crippen molar-refractivity contribution in [3.05, 3.63) is 0 Å². The summed E-state index contributed by atoms with van der Waals surface area (Å²) in [6.07, 6.45) is 0. The molecule has 4 nitrogen and oxygen atoms in total. The second-order valence-electron chi connectivity index (χ2n) is 1.16. The van der Waals surface area contributed by atoms with Gasteiger partial charge in [0.05, 0.1) is 6.54 Å². The van der Waals surface area contributed by atoms with Crippen molar-refractivity contribution >= 4 is 5.91 Å². The molecular weight excluding hydrogens is 106 g/mol. The molecule has 0 atom stereocenters. The number of nitrogens with two attached hydrogens (primary N) is 1. The first-order valence-electron chi connectivity index (χ1n) is 2.28. The van der Waals surface area contributed by atoms with Gasteiger partial charge in [-0.05, 0) is 6.92 Å². The summed E-state index contributed by atoms with van der Waals surface area (Å²) in [5.41, 5.74) is 4.95. The number of hydrogen-bond donors (Lipinski definition) is 3. The molecule has 0 radical (unpaired) electrons. The first-order valence-corrected chi connectivity index (χ1v) is 2.28. The van der Waals surface area contributed by atoms with Crippen molar-refractivity contribution in [3.8, 4) is 0 Å². The quantitative estimate of drug-likeness (QED) is 0.446. The van der Waals surface area contributed by atoms with E-state index >= 15 is 0 Å². The van der Waals surface area contributed by atoms with E-state index in [1.165, 1.54) is 0 Å². The molecule has 0 heterocycles. The van der Waals surface area contributed by atoms with Gasteiger partial charge in [0.25, 0.3) is 0 Å². The molecule has 0 bridgehead atoms. The molecular formula is C4H13N3O. The summed E-state index contributed by atoms with van der Waals surface area (Å²) in [5.74, 6) is -0.0949. The standard InChI is InChI=1S/C4H10N2O.H3N/c1-2-6-4(7)3-5;/h2-3,5H2,1H3,(H,6,7);1H3. The highest BCUT2D eigenvalue weighted by Gasteiger charge is 1.88. The maximum atomic E-state index is 10.2. The molecule has 0 aromatic rings. The maximum absolute atomic E-state index is 10.2. The third kappa shape index (κ3) is 5.39. The molecule has 0 saturated heterocycles. The Morgan fingerprint density at radius 3 is 2.38 bits per heavy atom. The zero-order valence-corrected chi connectivity index (χ0v) is 5.11. The SMILES string of the molecule is CCNC(=O)CN.N. The molecule has 0 aliphatic carbocycles. The van der Waals surface area contributed by atoms with Crippen molar-refractivity contribution < 1.29 is 4.79 Å². The lowest BCUT2D eigenvalue weighted by Gasteiger charge is -1.93. The van der Waals surface area contributed by atoms with Crippen LogP contribution in [-0.2, 0) is 4.79 Å². The Morgan fingerprint density at radius 2 is 2.25 bits per heavy atom. The second kappa shape index (κ2) is 6.39. The summed E-state index contributed by atoms with van der Waals surface area (Å²) < 4.78 is 0. The van der Waals surface area contributed by atoms with Gasteiger partial charge in [0.1, 0.15) is 0 Å². The van der Waals surface area contributed by atoms with Crippen molar-refractivity contribution in [2.45, 2.75) is 6.92 Å². The molecule has 1 amide bonds. The highest BCUT2D eigenvalue weighted by Crippen LogP contribution is 1.54. The number of carbonyl (C=O) groups is 1. The van der Waals surface area contributed by atoms with E-state index in [-0.39, 0.29) is 18.6 Å². The number of likely N-dealkylation sites (N-methyl/N-ethyl adjacent to an activating group) is 1. The van der Waals surface area contributed by atoms with E-state index in [9.17, 15) is 4.79 Å². The largest absolute Gasteiger partial charge is 0.355 e. The van der Waals surface area contributed by atoms with Crippen molar-refractivity contribution in [2.75, 3.05) is 13.1 Å². The second-order valence-corrected chi connectivity index (χ2v) is 1.16. The highest BCUT2D eigenvalue weighted by molar-refractivity contribution is 5.77. The summed E-state index contributed by atoms with van der Waals surface area (Å²) >= 11 is 0. The van der Waals surface area contributed by atoms with Crippen LogP contribution < -0.4 is 17.2 Å². The predicted octanol–water partition coefficient (Wildman–Crippen LogP) is -0.757. The average Bonchev–Trinajstić information content (AvgIpc) is 1.68. The van der Waals surface area contributed by atoms with Crippen molar-refractivity contribution in [1.82, 2.24) is 11.5 Å². The summed E-state index contributed by atoms with van der Waals surface area (Å²) in [4.78, 5) is 10.2. The number of carbonyl (C=O) groups excluding carboxylic acids is 1. The fourth-order valence-electron chi connectivity index (χ4n) is 0.269. The first kappa shape index (κ1) is 10.4. The first-order chi connectivity index (χ1) is 3.31. The third-order valence-electron chi connectivity index (χ3n) is 0.559. The van der Waals surface area contributed by atoms with Crippen LogP contribution in [0, 0.1) is 0 Å². The van der Waals surface area contributed by atoms with Crippen LogP contribution in [0.2, 0.25) is 0 Å². The van der Waals surface area contributed by atoms with Gasteiger partial charge in [-0.25, -0.2) is 0 Å². The molecule has 0 aliphatic rings. The fourth-order valence-corrected chi connectivity index (χ4v) is 0.269. The Labute approximate surface area is 49.0 Å². The zero-order chi connectivity index (χ0) is 5.70. The molecule has 6 N–H and O–H groups in total. The Kier molecular flexibility index (Phi) is 8.30. The van der Waals surface area contributed by atoms with Gasteiger partial charge in [-0.3, -0.25) is 4.79 Å². The lowest BCUT2D eigenvalue weighted by atomic mass is 10.6. The molecule has 0 rings (SSSR count). The topological polar surface area (TPSA) is 90.1 Å². The van der Waals surface area contributed by atoms with E-state index in [0.717, 1.165) is 0 Å². The van der Waals surface area contributed by atoms with Gasteiger partial charge in [0.15, 0.2) is 0 Å². The van der Waals surface area contributed by atoms with Crippen LogP contribution in [0.4, 0.5) is 0 Å². The normalized spacial score (nSPS) is 7.25. The van der Waals surface area contributed by atoms with Gasteiger partial charge in [-0.15, -0.1) is 0 Å². The van der Waals surface area contributed by atoms with Gasteiger partial charge in [0.2, 0.25) is 5.91 Å². The Morgan fingerprint density at radius 1 is 1.75 bits per heavy atom.